The van der Waals surface area contributed by atoms with Gasteiger partial charge in [-0.15, -0.1) is 0 Å². The number of unbranched alkanes of at least 4 members (excludes halogenated alkanes) is 9. The maximum absolute atomic E-state index is 11.3. The summed E-state index contributed by atoms with van der Waals surface area (Å²) in [5.41, 5.74) is 0. The molecule has 0 aliphatic carbocycles. The van der Waals surface area contributed by atoms with Crippen molar-refractivity contribution in [2.45, 2.75) is 97.3 Å². The van der Waals surface area contributed by atoms with Gasteiger partial charge in [0.1, 0.15) is 6.29 Å². The maximum atomic E-state index is 11.3. The number of carboxylic acids is 1. The van der Waals surface area contributed by atoms with Crippen molar-refractivity contribution < 1.29 is 14.7 Å². The van der Waals surface area contributed by atoms with E-state index in [0.29, 0.717) is 0 Å². The molecule has 0 saturated carbocycles. The number of carbonyl (C=O) groups is 2. The Kier molecular flexibility index (Phi) is 15.9. The Morgan fingerprint density at radius 1 is 0.875 bits per heavy atom. The van der Waals surface area contributed by atoms with Crippen molar-refractivity contribution in [3.05, 3.63) is 12.2 Å². The van der Waals surface area contributed by atoms with Crippen LogP contribution in [0.1, 0.15) is 97.3 Å². The molecule has 2 unspecified atom stereocenters. The van der Waals surface area contributed by atoms with Gasteiger partial charge in [-0.3, -0.25) is 4.79 Å². The van der Waals surface area contributed by atoms with Crippen molar-refractivity contribution in [1.82, 2.24) is 0 Å². The molecule has 0 heterocycles. The molecule has 3 nitrogen and oxygen atoms in total. The molecule has 0 saturated heterocycles. The Balaban J connectivity index is 4.27. The summed E-state index contributed by atoms with van der Waals surface area (Å²) in [5.74, 6) is -1.18. The molecule has 2 atom stereocenters. The van der Waals surface area contributed by atoms with Crippen LogP contribution in [-0.2, 0) is 9.59 Å². The van der Waals surface area contributed by atoms with Crippen molar-refractivity contribution in [1.29, 1.82) is 0 Å². The van der Waals surface area contributed by atoms with Gasteiger partial charge in [-0.1, -0.05) is 83.8 Å². The first-order valence-corrected chi connectivity index (χ1v) is 9.99. The van der Waals surface area contributed by atoms with Gasteiger partial charge in [-0.25, -0.2) is 0 Å². The lowest BCUT2D eigenvalue weighted by atomic mass is 9.85. The second kappa shape index (κ2) is 16.7. The third-order valence-corrected chi connectivity index (χ3v) is 4.63. The van der Waals surface area contributed by atoms with Gasteiger partial charge in [0.2, 0.25) is 0 Å². The minimum atomic E-state index is -0.880. The van der Waals surface area contributed by atoms with Gasteiger partial charge in [0.15, 0.2) is 0 Å². The van der Waals surface area contributed by atoms with E-state index in [0.717, 1.165) is 32.0 Å². The number of hydrogen-bond donors (Lipinski definition) is 1. The number of hydrogen-bond acceptors (Lipinski definition) is 2. The molecule has 3 heteroatoms. The van der Waals surface area contributed by atoms with Gasteiger partial charge in [-0.05, 0) is 25.2 Å². The maximum Gasteiger partial charge on any atom is 0.304 e. The van der Waals surface area contributed by atoms with Gasteiger partial charge in [0, 0.05) is 5.92 Å². The monoisotopic (exact) mass is 338 g/mol. The molecule has 0 aliphatic rings. The van der Waals surface area contributed by atoms with Crippen LogP contribution in [0, 0.1) is 11.8 Å². The summed E-state index contributed by atoms with van der Waals surface area (Å²) >= 11 is 0. The number of carbonyl (C=O) groups excluding carboxylic acids is 1. The lowest BCUT2D eigenvalue weighted by Gasteiger charge is -2.18. The normalized spacial score (nSPS) is 13.9. The zero-order valence-electron chi connectivity index (χ0n) is 15.8. The smallest absolute Gasteiger partial charge is 0.304 e. The summed E-state index contributed by atoms with van der Waals surface area (Å²) in [5, 5.41) is 9.00. The molecule has 0 spiro atoms. The van der Waals surface area contributed by atoms with E-state index in [4.69, 9.17) is 5.11 Å². The van der Waals surface area contributed by atoms with Crippen LogP contribution in [0.25, 0.3) is 0 Å². The van der Waals surface area contributed by atoms with E-state index in [2.05, 4.69) is 26.0 Å². The molecular weight excluding hydrogens is 300 g/mol. The molecular formula is C21H38O3. The summed E-state index contributed by atoms with van der Waals surface area (Å²) in [7, 11) is 0. The summed E-state index contributed by atoms with van der Waals surface area (Å²) < 4.78 is 0. The van der Waals surface area contributed by atoms with Crippen LogP contribution >= 0.6 is 0 Å². The van der Waals surface area contributed by atoms with Crippen LogP contribution in [0.4, 0.5) is 0 Å². The average molecular weight is 339 g/mol. The van der Waals surface area contributed by atoms with Crippen LogP contribution in [0.15, 0.2) is 12.2 Å². The number of aliphatic carboxylic acids is 1. The van der Waals surface area contributed by atoms with E-state index < -0.39 is 5.97 Å². The van der Waals surface area contributed by atoms with Gasteiger partial charge in [0.05, 0.1) is 6.42 Å². The second-order valence-electron chi connectivity index (χ2n) is 6.90. The number of rotatable bonds is 17. The quantitative estimate of drug-likeness (QED) is 0.196. The summed E-state index contributed by atoms with van der Waals surface area (Å²) in [4.78, 5) is 22.3. The zero-order valence-corrected chi connectivity index (χ0v) is 15.8. The lowest BCUT2D eigenvalue weighted by Crippen LogP contribution is -2.18. The number of aldehydes is 1. The van der Waals surface area contributed by atoms with Crippen LogP contribution in [-0.4, -0.2) is 17.4 Å². The topological polar surface area (TPSA) is 54.4 Å². The minimum absolute atomic E-state index is 0.0523. The molecule has 0 bridgehead atoms. The fourth-order valence-electron chi connectivity index (χ4n) is 3.08. The summed E-state index contributed by atoms with van der Waals surface area (Å²) in [6, 6.07) is 0. The fraction of sp³-hybridized carbons (Fsp3) is 0.810. The summed E-state index contributed by atoms with van der Waals surface area (Å²) in [6.07, 6.45) is 19.3. The molecule has 24 heavy (non-hydrogen) atoms. The first kappa shape index (κ1) is 22.9. The van der Waals surface area contributed by atoms with Crippen LogP contribution in [0.3, 0.4) is 0 Å². The third kappa shape index (κ3) is 13.3. The highest BCUT2D eigenvalue weighted by atomic mass is 16.4. The largest absolute Gasteiger partial charge is 0.481 e. The summed E-state index contributed by atoms with van der Waals surface area (Å²) in [6.45, 7) is 4.40. The minimum Gasteiger partial charge on any atom is -0.481 e. The van der Waals surface area contributed by atoms with Crippen molar-refractivity contribution in [3.63, 3.8) is 0 Å². The molecule has 0 radical (unpaired) electrons. The number of allylic oxidation sites excluding steroid dienone is 2. The highest BCUT2D eigenvalue weighted by Crippen LogP contribution is 2.23. The van der Waals surface area contributed by atoms with Gasteiger partial charge in [0.25, 0.3) is 0 Å². The average Bonchev–Trinajstić information content (AvgIpc) is 2.57. The molecule has 140 valence electrons. The van der Waals surface area contributed by atoms with Crippen molar-refractivity contribution in [2.75, 3.05) is 0 Å². The van der Waals surface area contributed by atoms with E-state index in [1.165, 1.54) is 51.4 Å². The van der Waals surface area contributed by atoms with Crippen LogP contribution in [0.5, 0.6) is 0 Å². The Morgan fingerprint density at radius 3 is 2.04 bits per heavy atom. The molecule has 0 aromatic rings. The van der Waals surface area contributed by atoms with Crippen molar-refractivity contribution in [2.24, 2.45) is 11.8 Å². The van der Waals surface area contributed by atoms with E-state index in [1.54, 1.807) is 0 Å². The van der Waals surface area contributed by atoms with Crippen molar-refractivity contribution in [3.8, 4) is 0 Å². The highest BCUT2D eigenvalue weighted by molar-refractivity contribution is 5.72. The Hall–Kier alpha value is -1.12. The molecule has 0 aliphatic heterocycles. The predicted molar refractivity (Wildman–Crippen MR) is 101 cm³/mol. The first-order valence-electron chi connectivity index (χ1n) is 9.99. The predicted octanol–water partition coefficient (Wildman–Crippen LogP) is 6.17. The van der Waals surface area contributed by atoms with E-state index in [-0.39, 0.29) is 18.3 Å². The van der Waals surface area contributed by atoms with Crippen LogP contribution < -0.4 is 0 Å². The molecule has 0 rings (SSSR count). The van der Waals surface area contributed by atoms with E-state index >= 15 is 0 Å². The van der Waals surface area contributed by atoms with Gasteiger partial charge in [-0.2, -0.15) is 0 Å². The Bertz CT molecular complexity index is 336. The molecule has 0 aromatic heterocycles. The zero-order chi connectivity index (χ0) is 18.0. The standard InChI is InChI=1S/C21H38O3/c1-3-5-7-9-10-11-12-14-16-19(15-13-8-6-4-2)20(18-22)17-21(23)24/h14,16,18-20H,3-13,15,17H2,1-2H3,(H,23,24)/b16-14+. The Labute approximate surface area is 148 Å². The van der Waals surface area contributed by atoms with Crippen LogP contribution in [0.2, 0.25) is 0 Å². The molecule has 0 aromatic carbocycles. The SMILES string of the molecule is CCCCCCCC/C=C/C(CCCCCC)C(C=O)CC(=O)O. The highest BCUT2D eigenvalue weighted by Gasteiger charge is 2.21. The molecule has 1 N–H and O–H groups in total. The fourth-order valence-corrected chi connectivity index (χ4v) is 3.08. The lowest BCUT2D eigenvalue weighted by molar-refractivity contribution is -0.139. The molecule has 0 fully saturated rings. The first-order chi connectivity index (χ1) is 11.7. The van der Waals surface area contributed by atoms with Gasteiger partial charge < -0.3 is 9.90 Å². The van der Waals surface area contributed by atoms with Crippen molar-refractivity contribution >= 4 is 12.3 Å². The van der Waals surface area contributed by atoms with E-state index in [9.17, 15) is 9.59 Å². The second-order valence-corrected chi connectivity index (χ2v) is 6.90. The Morgan fingerprint density at radius 2 is 1.46 bits per heavy atom. The molecule has 0 amide bonds. The third-order valence-electron chi connectivity index (χ3n) is 4.63. The van der Waals surface area contributed by atoms with E-state index in [1.807, 2.05) is 0 Å². The number of carboxylic acid groups (broad SMARTS) is 1. The van der Waals surface area contributed by atoms with Gasteiger partial charge >= 0.3 is 5.97 Å².